The molecule has 17 heteroatoms. The predicted molar refractivity (Wildman–Crippen MR) is 206 cm³/mol. The number of nitrogens with one attached hydrogen (secondary N) is 4. The van der Waals surface area contributed by atoms with Crippen LogP contribution in [-0.4, -0.2) is 70.4 Å². The van der Waals surface area contributed by atoms with Crippen molar-refractivity contribution in [3.05, 3.63) is 123 Å². The van der Waals surface area contributed by atoms with Gasteiger partial charge in [-0.1, -0.05) is 18.2 Å². The van der Waals surface area contributed by atoms with Gasteiger partial charge in [0.15, 0.2) is 11.2 Å². The molecule has 0 radical (unpaired) electrons. The van der Waals surface area contributed by atoms with Crippen LogP contribution in [0.3, 0.4) is 0 Å². The zero-order valence-electron chi connectivity index (χ0n) is 29.9. The molecular formula is C39H34FN7O8S. The van der Waals surface area contributed by atoms with E-state index in [1.54, 1.807) is 36.6 Å². The van der Waals surface area contributed by atoms with E-state index < -0.39 is 58.4 Å². The number of rotatable bonds is 14. The summed E-state index contributed by atoms with van der Waals surface area (Å²) >= 11 is 0. The molecule has 15 nitrogen and oxygen atoms in total. The van der Waals surface area contributed by atoms with Gasteiger partial charge in [-0.3, -0.25) is 33.7 Å². The Bertz CT molecular complexity index is 2540. The molecule has 2 unspecified atom stereocenters. The first-order valence-corrected chi connectivity index (χ1v) is 18.6. The molecule has 3 aromatic carbocycles. The van der Waals surface area contributed by atoms with Crippen molar-refractivity contribution in [2.75, 3.05) is 16.9 Å². The van der Waals surface area contributed by atoms with Crippen LogP contribution in [0.4, 0.5) is 16.0 Å². The van der Waals surface area contributed by atoms with Crippen LogP contribution in [0.5, 0.6) is 0 Å². The first-order valence-electron chi connectivity index (χ1n) is 17.1. The standard InChI is InChI=1S/C39H34FN7O8S/c1-20-28(15-21-3-10-26(11-4-21)56(2)55)27-12-7-23(40)16-30(27)29(20)17-32(48)45-39-46-35-34(37(52)47-39)43-25(19-42-35)18-41-24-8-5-22(6-9-24)36(51)44-31(38(53)54)13-14-33(49)50/h3-12,15-16,19,31,41H,13-14,17-18H2,1-2H3,(H,44,51)(H,49,50)(H,53,54)(H2,42,45,46,47,48,52)/b28-15-. The number of allylic oxidation sites excluding steroid dienone is 2. The Balaban J connectivity index is 1.11. The number of carboxylic acid groups (broad SMARTS) is 2. The lowest BCUT2D eigenvalue weighted by Crippen LogP contribution is -2.41. The molecule has 2 aromatic heterocycles. The van der Waals surface area contributed by atoms with Crippen molar-refractivity contribution in [1.82, 2.24) is 25.3 Å². The van der Waals surface area contributed by atoms with Crippen LogP contribution >= 0.6 is 0 Å². The molecule has 0 saturated heterocycles. The lowest BCUT2D eigenvalue weighted by atomic mass is 10.0. The highest BCUT2D eigenvalue weighted by Gasteiger charge is 2.26. The molecule has 0 bridgehead atoms. The second-order valence-electron chi connectivity index (χ2n) is 12.8. The van der Waals surface area contributed by atoms with Crippen molar-refractivity contribution in [1.29, 1.82) is 0 Å². The summed E-state index contributed by atoms with van der Waals surface area (Å²) in [4.78, 5) is 77.1. The number of hydrogen-bond acceptors (Lipinski definition) is 10. The van der Waals surface area contributed by atoms with Gasteiger partial charge in [0, 0.05) is 39.6 Å². The molecule has 5 aromatic rings. The molecule has 2 atom stereocenters. The number of carbonyl (C=O) groups excluding carboxylic acids is 2. The first kappa shape index (κ1) is 38.8. The van der Waals surface area contributed by atoms with E-state index in [4.69, 9.17) is 5.11 Å². The summed E-state index contributed by atoms with van der Waals surface area (Å²) in [7, 11) is -1.12. The van der Waals surface area contributed by atoms with E-state index in [0.29, 0.717) is 27.4 Å². The van der Waals surface area contributed by atoms with Crippen LogP contribution in [0.15, 0.2) is 88.2 Å². The molecule has 0 aliphatic heterocycles. The third kappa shape index (κ3) is 9.07. The number of carboxylic acids is 2. The van der Waals surface area contributed by atoms with Crippen molar-refractivity contribution in [2.24, 2.45) is 0 Å². The Morgan fingerprint density at radius 2 is 1.71 bits per heavy atom. The van der Waals surface area contributed by atoms with Crippen molar-refractivity contribution < 1.29 is 38.0 Å². The van der Waals surface area contributed by atoms with Crippen LogP contribution in [-0.2, 0) is 31.7 Å². The molecule has 1 aliphatic rings. The Kier molecular flexibility index (Phi) is 11.5. The number of anilines is 2. The largest absolute Gasteiger partial charge is 0.481 e. The zero-order valence-corrected chi connectivity index (χ0v) is 30.7. The maximum Gasteiger partial charge on any atom is 0.326 e. The molecule has 286 valence electrons. The highest BCUT2D eigenvalue weighted by molar-refractivity contribution is 7.84. The predicted octanol–water partition coefficient (Wildman–Crippen LogP) is 4.61. The van der Waals surface area contributed by atoms with Gasteiger partial charge < -0.3 is 20.8 Å². The Morgan fingerprint density at radius 1 is 0.982 bits per heavy atom. The van der Waals surface area contributed by atoms with E-state index >= 15 is 0 Å². The normalized spacial score (nSPS) is 13.9. The van der Waals surface area contributed by atoms with E-state index in [9.17, 15) is 37.7 Å². The monoisotopic (exact) mass is 779 g/mol. The smallest absolute Gasteiger partial charge is 0.326 e. The Hall–Kier alpha value is -6.88. The fraction of sp³-hybridized carbons (Fsp3) is 0.179. The Labute approximate surface area is 320 Å². The summed E-state index contributed by atoms with van der Waals surface area (Å²) in [5.74, 6) is -4.31. The summed E-state index contributed by atoms with van der Waals surface area (Å²) in [6.45, 7) is 1.97. The second kappa shape index (κ2) is 16.6. The van der Waals surface area contributed by atoms with Gasteiger partial charge >= 0.3 is 11.9 Å². The third-order valence-electron chi connectivity index (χ3n) is 8.91. The van der Waals surface area contributed by atoms with Crippen LogP contribution in [0.25, 0.3) is 28.4 Å². The van der Waals surface area contributed by atoms with Crippen molar-refractivity contribution in [3.8, 4) is 0 Å². The van der Waals surface area contributed by atoms with Gasteiger partial charge in [0.25, 0.3) is 11.5 Å². The van der Waals surface area contributed by atoms with Crippen LogP contribution < -0.4 is 21.5 Å². The number of aromatic nitrogens is 4. The van der Waals surface area contributed by atoms with E-state index in [1.807, 2.05) is 25.1 Å². The lowest BCUT2D eigenvalue weighted by Gasteiger charge is -2.14. The van der Waals surface area contributed by atoms with Gasteiger partial charge in [0.2, 0.25) is 11.9 Å². The maximum atomic E-state index is 14.4. The van der Waals surface area contributed by atoms with Gasteiger partial charge in [-0.05, 0) is 101 Å². The van der Waals surface area contributed by atoms with Crippen molar-refractivity contribution in [3.63, 3.8) is 0 Å². The number of carbonyl (C=O) groups is 4. The fourth-order valence-corrected chi connectivity index (χ4v) is 6.56. The molecule has 1 aliphatic carbocycles. The SMILES string of the molecule is CC1=C(CC(=O)Nc2nc3ncc(CNc4ccc(C(=O)NC(CCC(=O)O)C(=O)O)cc4)nc3c(=O)[nH]2)c2cc(F)ccc2/C1=C\c1ccc(S(C)=O)cc1. The minimum Gasteiger partial charge on any atom is -0.481 e. The highest BCUT2D eigenvalue weighted by atomic mass is 32.2. The number of aliphatic carboxylic acids is 2. The average Bonchev–Trinajstić information content (AvgIpc) is 3.40. The van der Waals surface area contributed by atoms with Gasteiger partial charge in [-0.2, -0.15) is 4.98 Å². The number of amides is 2. The summed E-state index contributed by atoms with van der Waals surface area (Å²) in [5, 5.41) is 26.1. The second-order valence-corrected chi connectivity index (χ2v) is 14.2. The molecule has 6 rings (SSSR count). The number of halogens is 1. The van der Waals surface area contributed by atoms with E-state index in [0.717, 1.165) is 22.3 Å². The molecule has 6 N–H and O–H groups in total. The molecule has 0 saturated carbocycles. The number of hydrogen-bond donors (Lipinski definition) is 6. The van der Waals surface area contributed by atoms with Crippen LogP contribution in [0.2, 0.25) is 0 Å². The molecule has 56 heavy (non-hydrogen) atoms. The van der Waals surface area contributed by atoms with E-state index in [-0.39, 0.29) is 42.1 Å². The molecule has 0 spiro atoms. The lowest BCUT2D eigenvalue weighted by molar-refractivity contribution is -0.140. The topological polar surface area (TPSA) is 233 Å². The number of H-pyrrole nitrogens is 1. The summed E-state index contributed by atoms with van der Waals surface area (Å²) in [6, 6.07) is 16.3. The van der Waals surface area contributed by atoms with E-state index in [1.165, 1.54) is 30.5 Å². The van der Waals surface area contributed by atoms with Crippen molar-refractivity contribution in [2.45, 2.75) is 43.7 Å². The number of nitrogens with zero attached hydrogens (tertiary/aromatic N) is 3. The molecular weight excluding hydrogens is 746 g/mol. The summed E-state index contributed by atoms with van der Waals surface area (Å²) < 4.78 is 26.3. The van der Waals surface area contributed by atoms with Gasteiger partial charge in [0.05, 0.1) is 24.9 Å². The fourth-order valence-electron chi connectivity index (χ4n) is 6.04. The Morgan fingerprint density at radius 3 is 2.39 bits per heavy atom. The summed E-state index contributed by atoms with van der Waals surface area (Å²) in [5.41, 5.74) is 4.73. The van der Waals surface area contributed by atoms with Gasteiger partial charge in [-0.25, -0.2) is 19.2 Å². The van der Waals surface area contributed by atoms with E-state index in [2.05, 4.69) is 35.9 Å². The minimum absolute atomic E-state index is 0.0157. The van der Waals surface area contributed by atoms with Gasteiger partial charge in [0.1, 0.15) is 11.9 Å². The number of aromatic amines is 1. The quantitative estimate of drug-likeness (QED) is 0.0908. The highest BCUT2D eigenvalue weighted by Crippen LogP contribution is 2.44. The first-order chi connectivity index (χ1) is 26.7. The summed E-state index contributed by atoms with van der Waals surface area (Å²) in [6.07, 6.45) is 4.10. The third-order valence-corrected chi connectivity index (χ3v) is 9.85. The zero-order chi connectivity index (χ0) is 40.1. The van der Waals surface area contributed by atoms with Crippen LogP contribution in [0, 0.1) is 5.82 Å². The average molecular weight is 780 g/mol. The van der Waals surface area contributed by atoms with Crippen molar-refractivity contribution >= 4 is 74.6 Å². The molecule has 0 fully saturated rings. The number of benzene rings is 3. The van der Waals surface area contributed by atoms with Crippen LogP contribution in [0.1, 0.15) is 58.9 Å². The molecule has 2 amide bonds. The maximum absolute atomic E-state index is 14.4. The molecule has 2 heterocycles. The minimum atomic E-state index is -1.36. The number of fused-ring (bicyclic) bond motifs is 2. The van der Waals surface area contributed by atoms with Gasteiger partial charge in [-0.15, -0.1) is 0 Å².